The van der Waals surface area contributed by atoms with Crippen LogP contribution in [0.4, 0.5) is 10.2 Å². The zero-order valence-electron chi connectivity index (χ0n) is 12.0. The summed E-state index contributed by atoms with van der Waals surface area (Å²) in [6.45, 7) is 8.46. The fourth-order valence-electron chi connectivity index (χ4n) is 1.90. The number of amides is 1. The van der Waals surface area contributed by atoms with Crippen LogP contribution in [0.3, 0.4) is 0 Å². The Bertz CT molecular complexity index is 435. The Morgan fingerprint density at radius 2 is 2.11 bits per heavy atom. The van der Waals surface area contributed by atoms with E-state index in [9.17, 15) is 9.18 Å². The molecule has 1 rings (SSSR count). The molecule has 2 N–H and O–H groups in total. The molecule has 1 heterocycles. The lowest BCUT2D eigenvalue weighted by Gasteiger charge is -2.21. The van der Waals surface area contributed by atoms with Crippen LogP contribution in [0, 0.1) is 11.7 Å². The highest BCUT2D eigenvalue weighted by atomic mass is 19.1. The summed E-state index contributed by atoms with van der Waals surface area (Å²) in [4.78, 5) is 16.0. The molecule has 106 valence electrons. The Labute approximate surface area is 113 Å². The second kappa shape index (κ2) is 7.07. The average molecular weight is 267 g/mol. The van der Waals surface area contributed by atoms with E-state index in [0.717, 1.165) is 6.42 Å². The summed E-state index contributed by atoms with van der Waals surface area (Å²) >= 11 is 0. The smallest absolute Gasteiger partial charge is 0.254 e. The van der Waals surface area contributed by atoms with Crippen LogP contribution in [-0.4, -0.2) is 23.5 Å². The Morgan fingerprint density at radius 1 is 1.42 bits per heavy atom. The van der Waals surface area contributed by atoms with Gasteiger partial charge in [-0.3, -0.25) is 4.79 Å². The molecule has 1 aromatic rings. The van der Waals surface area contributed by atoms with E-state index in [1.807, 2.05) is 27.7 Å². The zero-order valence-corrected chi connectivity index (χ0v) is 12.0. The molecule has 1 unspecified atom stereocenters. The van der Waals surface area contributed by atoms with Gasteiger partial charge < -0.3 is 10.6 Å². The average Bonchev–Trinajstić information content (AvgIpc) is 2.38. The van der Waals surface area contributed by atoms with Crippen molar-refractivity contribution in [3.05, 3.63) is 23.6 Å². The summed E-state index contributed by atoms with van der Waals surface area (Å²) in [7, 11) is 0. The third kappa shape index (κ3) is 3.91. The highest BCUT2D eigenvalue weighted by Crippen LogP contribution is 2.16. The molecule has 1 amide bonds. The summed E-state index contributed by atoms with van der Waals surface area (Å²) in [5, 5.41) is 5.65. The first kappa shape index (κ1) is 15.4. The normalized spacial score (nSPS) is 12.3. The number of carbonyl (C=O) groups is 1. The van der Waals surface area contributed by atoms with Crippen molar-refractivity contribution < 1.29 is 9.18 Å². The van der Waals surface area contributed by atoms with Crippen molar-refractivity contribution in [3.8, 4) is 0 Å². The van der Waals surface area contributed by atoms with Crippen LogP contribution >= 0.6 is 0 Å². The summed E-state index contributed by atoms with van der Waals surface area (Å²) in [5.74, 6) is -0.556. The standard InChI is InChI=1S/C14H22FN3O/c1-5-11(9(3)4)18-14(19)10-7-8-17-13(12(10)15)16-6-2/h7-9,11H,5-6H2,1-4H3,(H,16,17)(H,18,19). The number of hydrogen-bond acceptors (Lipinski definition) is 3. The Kier molecular flexibility index (Phi) is 5.73. The van der Waals surface area contributed by atoms with E-state index in [2.05, 4.69) is 15.6 Å². The fraction of sp³-hybridized carbons (Fsp3) is 0.571. The van der Waals surface area contributed by atoms with Crippen molar-refractivity contribution in [1.29, 1.82) is 0 Å². The van der Waals surface area contributed by atoms with Crippen LogP contribution in [-0.2, 0) is 0 Å². The first-order valence-electron chi connectivity index (χ1n) is 6.70. The molecule has 1 aromatic heterocycles. The van der Waals surface area contributed by atoms with Crippen molar-refractivity contribution in [2.75, 3.05) is 11.9 Å². The summed E-state index contributed by atoms with van der Waals surface area (Å²) in [6.07, 6.45) is 2.25. The molecule has 0 aliphatic carbocycles. The maximum absolute atomic E-state index is 14.1. The van der Waals surface area contributed by atoms with Gasteiger partial charge in [0, 0.05) is 18.8 Å². The van der Waals surface area contributed by atoms with E-state index in [1.54, 1.807) is 0 Å². The summed E-state index contributed by atoms with van der Waals surface area (Å²) in [5.41, 5.74) is 0.0325. The van der Waals surface area contributed by atoms with Crippen molar-refractivity contribution in [2.24, 2.45) is 5.92 Å². The van der Waals surface area contributed by atoms with Gasteiger partial charge in [0.25, 0.3) is 5.91 Å². The van der Waals surface area contributed by atoms with Crippen molar-refractivity contribution in [3.63, 3.8) is 0 Å². The minimum atomic E-state index is -0.597. The van der Waals surface area contributed by atoms with E-state index in [0.29, 0.717) is 12.5 Å². The highest BCUT2D eigenvalue weighted by molar-refractivity contribution is 5.95. The van der Waals surface area contributed by atoms with E-state index < -0.39 is 5.82 Å². The molecule has 1 atom stereocenters. The lowest BCUT2D eigenvalue weighted by Crippen LogP contribution is -2.38. The number of rotatable bonds is 6. The zero-order chi connectivity index (χ0) is 14.4. The number of anilines is 1. The van der Waals surface area contributed by atoms with Crippen LogP contribution in [0.5, 0.6) is 0 Å². The first-order valence-corrected chi connectivity index (χ1v) is 6.70. The number of pyridine rings is 1. The van der Waals surface area contributed by atoms with Gasteiger partial charge in [-0.05, 0) is 25.3 Å². The number of carbonyl (C=O) groups excluding carboxylic acids is 1. The van der Waals surface area contributed by atoms with E-state index in [1.165, 1.54) is 12.3 Å². The minimum Gasteiger partial charge on any atom is -0.368 e. The molecule has 0 spiro atoms. The topological polar surface area (TPSA) is 54.0 Å². The fourth-order valence-corrected chi connectivity index (χ4v) is 1.90. The van der Waals surface area contributed by atoms with Gasteiger partial charge in [-0.25, -0.2) is 9.37 Å². The molecule has 0 saturated carbocycles. The molecular weight excluding hydrogens is 245 g/mol. The van der Waals surface area contributed by atoms with Crippen LogP contribution < -0.4 is 10.6 Å². The largest absolute Gasteiger partial charge is 0.368 e. The van der Waals surface area contributed by atoms with Gasteiger partial charge >= 0.3 is 0 Å². The Morgan fingerprint density at radius 3 is 2.63 bits per heavy atom. The quantitative estimate of drug-likeness (QED) is 0.833. The molecule has 4 nitrogen and oxygen atoms in total. The predicted octanol–water partition coefficient (Wildman–Crippen LogP) is 2.82. The molecule has 0 aliphatic rings. The minimum absolute atomic E-state index is 0.0325. The van der Waals surface area contributed by atoms with Crippen LogP contribution in [0.25, 0.3) is 0 Å². The number of nitrogens with one attached hydrogen (secondary N) is 2. The van der Waals surface area contributed by atoms with Gasteiger partial charge in [-0.1, -0.05) is 20.8 Å². The SMILES string of the molecule is CCNc1nccc(C(=O)NC(CC)C(C)C)c1F. The van der Waals surface area contributed by atoms with Crippen LogP contribution in [0.2, 0.25) is 0 Å². The van der Waals surface area contributed by atoms with E-state index in [4.69, 9.17) is 0 Å². The van der Waals surface area contributed by atoms with Crippen molar-refractivity contribution in [2.45, 2.75) is 40.2 Å². The summed E-state index contributed by atoms with van der Waals surface area (Å²) in [6, 6.07) is 1.45. The van der Waals surface area contributed by atoms with E-state index in [-0.39, 0.29) is 23.3 Å². The third-order valence-corrected chi connectivity index (χ3v) is 3.04. The molecule has 0 radical (unpaired) electrons. The van der Waals surface area contributed by atoms with Crippen LogP contribution in [0.15, 0.2) is 12.3 Å². The van der Waals surface area contributed by atoms with Crippen LogP contribution in [0.1, 0.15) is 44.5 Å². The summed E-state index contributed by atoms with van der Waals surface area (Å²) < 4.78 is 14.1. The second-order valence-electron chi connectivity index (χ2n) is 4.78. The lowest BCUT2D eigenvalue weighted by atomic mass is 10.0. The molecule has 0 saturated heterocycles. The number of nitrogens with zero attached hydrogens (tertiary/aromatic N) is 1. The molecule has 19 heavy (non-hydrogen) atoms. The molecule has 0 aliphatic heterocycles. The Hall–Kier alpha value is -1.65. The van der Waals surface area contributed by atoms with Gasteiger partial charge in [0.05, 0.1) is 5.56 Å². The van der Waals surface area contributed by atoms with Crippen molar-refractivity contribution in [1.82, 2.24) is 10.3 Å². The van der Waals surface area contributed by atoms with Gasteiger partial charge in [-0.15, -0.1) is 0 Å². The lowest BCUT2D eigenvalue weighted by molar-refractivity contribution is 0.0920. The molecule has 5 heteroatoms. The molecule has 0 fully saturated rings. The number of aromatic nitrogens is 1. The molecular formula is C14H22FN3O. The maximum atomic E-state index is 14.1. The molecule has 0 aromatic carbocycles. The molecule has 0 bridgehead atoms. The van der Waals surface area contributed by atoms with Crippen molar-refractivity contribution >= 4 is 11.7 Å². The van der Waals surface area contributed by atoms with Gasteiger partial charge in [0.15, 0.2) is 11.6 Å². The third-order valence-electron chi connectivity index (χ3n) is 3.04. The highest BCUT2D eigenvalue weighted by Gasteiger charge is 2.19. The second-order valence-corrected chi connectivity index (χ2v) is 4.78. The monoisotopic (exact) mass is 267 g/mol. The van der Waals surface area contributed by atoms with Gasteiger partial charge in [0.1, 0.15) is 0 Å². The Balaban J connectivity index is 2.90. The van der Waals surface area contributed by atoms with Gasteiger partial charge in [-0.2, -0.15) is 0 Å². The maximum Gasteiger partial charge on any atom is 0.254 e. The van der Waals surface area contributed by atoms with E-state index >= 15 is 0 Å². The van der Waals surface area contributed by atoms with Gasteiger partial charge in [0.2, 0.25) is 0 Å². The number of halogens is 1. The first-order chi connectivity index (χ1) is 9.01. The predicted molar refractivity (Wildman–Crippen MR) is 74.7 cm³/mol. The number of hydrogen-bond donors (Lipinski definition) is 2.